The molecule has 2 N–H and O–H groups in total. The number of nitrogens with one attached hydrogen (secondary N) is 2. The minimum absolute atomic E-state index is 0.208. The molecule has 0 aliphatic rings. The highest BCUT2D eigenvalue weighted by molar-refractivity contribution is 6.04. The summed E-state index contributed by atoms with van der Waals surface area (Å²) >= 11 is 0. The fourth-order valence-electron chi connectivity index (χ4n) is 3.54. The molecule has 0 spiro atoms. The minimum Gasteiger partial charge on any atom is -0.434 e. The number of ether oxygens (including phenoxy) is 2. The molecule has 0 bridgehead atoms. The van der Waals surface area contributed by atoms with Gasteiger partial charge in [0.1, 0.15) is 5.75 Å². The first-order chi connectivity index (χ1) is 17.8. The van der Waals surface area contributed by atoms with Gasteiger partial charge in [0.15, 0.2) is 0 Å². The molecule has 9 nitrogen and oxygen atoms in total. The summed E-state index contributed by atoms with van der Waals surface area (Å²) in [5, 5.41) is 5.73. The maximum absolute atomic E-state index is 12.7. The molecule has 0 radical (unpaired) electrons. The Morgan fingerprint density at radius 1 is 0.811 bits per heavy atom. The second-order valence-corrected chi connectivity index (χ2v) is 8.24. The third-order valence-electron chi connectivity index (χ3n) is 5.56. The first kappa shape index (κ1) is 25.3. The van der Waals surface area contributed by atoms with Gasteiger partial charge in [-0.25, -0.2) is 14.8 Å². The summed E-state index contributed by atoms with van der Waals surface area (Å²) in [6.07, 6.45) is -0.803. The average Bonchev–Trinajstić information content (AvgIpc) is 2.88. The lowest BCUT2D eigenvalue weighted by Gasteiger charge is -2.10. The van der Waals surface area contributed by atoms with E-state index in [0.717, 1.165) is 22.5 Å². The number of anilines is 1. The molecule has 188 valence electrons. The van der Waals surface area contributed by atoms with Gasteiger partial charge in [-0.3, -0.25) is 9.59 Å². The van der Waals surface area contributed by atoms with E-state index in [1.165, 1.54) is 12.1 Å². The zero-order chi connectivity index (χ0) is 26.4. The predicted octanol–water partition coefficient (Wildman–Crippen LogP) is 4.96. The molecule has 1 heterocycles. The van der Waals surface area contributed by atoms with Crippen LogP contribution < -0.4 is 15.4 Å². The molecule has 0 aliphatic heterocycles. The summed E-state index contributed by atoms with van der Waals surface area (Å²) in [5.74, 6) is -0.287. The number of carbonyl (C=O) groups excluding carboxylic acids is 3. The summed E-state index contributed by atoms with van der Waals surface area (Å²) in [4.78, 5) is 45.8. The highest BCUT2D eigenvalue weighted by atomic mass is 16.7. The van der Waals surface area contributed by atoms with Crippen molar-refractivity contribution >= 4 is 34.7 Å². The summed E-state index contributed by atoms with van der Waals surface area (Å²) in [7, 11) is 0. The molecular formula is C28H26N4O5. The molecule has 0 atom stereocenters. The lowest BCUT2D eigenvalue weighted by molar-refractivity contribution is 0.0949. The van der Waals surface area contributed by atoms with E-state index in [2.05, 4.69) is 20.6 Å². The molecule has 0 saturated carbocycles. The van der Waals surface area contributed by atoms with Crippen LogP contribution in [-0.2, 0) is 11.3 Å². The molecule has 0 unspecified atom stereocenters. The van der Waals surface area contributed by atoms with Gasteiger partial charge >= 0.3 is 6.16 Å². The van der Waals surface area contributed by atoms with Crippen LogP contribution in [0.4, 0.5) is 10.5 Å². The fourth-order valence-corrected chi connectivity index (χ4v) is 3.54. The van der Waals surface area contributed by atoms with Crippen molar-refractivity contribution in [3.63, 3.8) is 0 Å². The largest absolute Gasteiger partial charge is 0.513 e. The molecule has 37 heavy (non-hydrogen) atoms. The topological polar surface area (TPSA) is 120 Å². The Labute approximate surface area is 213 Å². The Balaban J connectivity index is 1.36. The van der Waals surface area contributed by atoms with Gasteiger partial charge in [0.05, 0.1) is 29.0 Å². The van der Waals surface area contributed by atoms with Crippen molar-refractivity contribution in [3.05, 3.63) is 94.8 Å². The SMILES string of the molecule is CCOC(=O)Oc1ccc(C(=O)Nc2cccc(CNC(=O)c3ccc4nc(C)c(C)nc4c3)c2)cc1. The standard InChI is InChI=1S/C28H26N4O5/c1-4-36-28(35)37-23-11-8-20(9-12-23)27(34)32-22-7-5-6-19(14-22)16-29-26(33)21-10-13-24-25(15-21)31-18(3)17(2)30-24/h5-15H,4,16H2,1-3H3,(H,29,33)(H,32,34). The van der Waals surface area contributed by atoms with Crippen LogP contribution in [0.25, 0.3) is 11.0 Å². The Morgan fingerprint density at radius 2 is 1.51 bits per heavy atom. The molecule has 4 rings (SSSR count). The second-order valence-electron chi connectivity index (χ2n) is 8.24. The number of nitrogens with zero attached hydrogens (tertiary/aromatic N) is 2. The van der Waals surface area contributed by atoms with Gasteiger partial charge in [-0.05, 0) is 80.9 Å². The van der Waals surface area contributed by atoms with Crippen molar-refractivity contribution in [1.82, 2.24) is 15.3 Å². The smallest absolute Gasteiger partial charge is 0.434 e. The number of rotatable bonds is 7. The number of benzene rings is 3. The Kier molecular flexibility index (Phi) is 7.73. The van der Waals surface area contributed by atoms with Crippen LogP contribution in [0.5, 0.6) is 5.75 Å². The molecule has 0 aliphatic carbocycles. The van der Waals surface area contributed by atoms with Crippen molar-refractivity contribution < 1.29 is 23.9 Å². The fraction of sp³-hybridized carbons (Fsp3) is 0.179. The second kappa shape index (κ2) is 11.3. The predicted molar refractivity (Wildman–Crippen MR) is 139 cm³/mol. The van der Waals surface area contributed by atoms with Crippen LogP contribution in [0.15, 0.2) is 66.7 Å². The normalized spacial score (nSPS) is 10.6. The number of hydrogen-bond acceptors (Lipinski definition) is 7. The first-order valence-corrected chi connectivity index (χ1v) is 11.7. The third kappa shape index (κ3) is 6.46. The monoisotopic (exact) mass is 498 g/mol. The van der Waals surface area contributed by atoms with Crippen LogP contribution in [0, 0.1) is 13.8 Å². The summed E-state index contributed by atoms with van der Waals surface area (Å²) in [6, 6.07) is 18.6. The van der Waals surface area contributed by atoms with Crippen LogP contribution in [-0.4, -0.2) is 34.5 Å². The van der Waals surface area contributed by atoms with Crippen LogP contribution in [0.3, 0.4) is 0 Å². The number of amides is 2. The highest BCUT2D eigenvalue weighted by Crippen LogP contribution is 2.17. The van der Waals surface area contributed by atoms with Crippen molar-refractivity contribution in [3.8, 4) is 5.75 Å². The molecule has 0 fully saturated rings. The number of hydrogen-bond donors (Lipinski definition) is 2. The summed E-state index contributed by atoms with van der Waals surface area (Å²) in [5.41, 5.74) is 5.36. The number of aryl methyl sites for hydroxylation is 2. The molecule has 4 aromatic rings. The zero-order valence-electron chi connectivity index (χ0n) is 20.7. The highest BCUT2D eigenvalue weighted by Gasteiger charge is 2.11. The van der Waals surface area contributed by atoms with Crippen molar-refractivity contribution in [2.24, 2.45) is 0 Å². The van der Waals surface area contributed by atoms with Gasteiger partial charge in [0.25, 0.3) is 11.8 Å². The molecule has 1 aromatic heterocycles. The van der Waals surface area contributed by atoms with Gasteiger partial charge in [0, 0.05) is 23.4 Å². The van der Waals surface area contributed by atoms with Crippen molar-refractivity contribution in [2.75, 3.05) is 11.9 Å². The van der Waals surface area contributed by atoms with Crippen LogP contribution >= 0.6 is 0 Å². The molecule has 3 aromatic carbocycles. The van der Waals surface area contributed by atoms with Crippen molar-refractivity contribution in [1.29, 1.82) is 0 Å². The van der Waals surface area contributed by atoms with Gasteiger partial charge in [0.2, 0.25) is 0 Å². The van der Waals surface area contributed by atoms with Gasteiger partial charge in [-0.1, -0.05) is 12.1 Å². The summed E-state index contributed by atoms with van der Waals surface area (Å²) < 4.78 is 9.73. The van der Waals surface area contributed by atoms with E-state index in [0.29, 0.717) is 22.3 Å². The first-order valence-electron chi connectivity index (χ1n) is 11.7. The average molecular weight is 499 g/mol. The lowest BCUT2D eigenvalue weighted by atomic mass is 10.1. The van der Waals surface area contributed by atoms with Gasteiger partial charge in [-0.15, -0.1) is 0 Å². The minimum atomic E-state index is -0.803. The number of fused-ring (bicyclic) bond motifs is 1. The van der Waals surface area contributed by atoms with E-state index in [1.54, 1.807) is 55.5 Å². The molecule has 2 amide bonds. The van der Waals surface area contributed by atoms with E-state index in [1.807, 2.05) is 19.9 Å². The molecule has 9 heteroatoms. The van der Waals surface area contributed by atoms with E-state index in [-0.39, 0.29) is 30.7 Å². The quantitative estimate of drug-likeness (QED) is 0.273. The van der Waals surface area contributed by atoms with E-state index >= 15 is 0 Å². The molecule has 0 saturated heterocycles. The molecular weight excluding hydrogens is 472 g/mol. The zero-order valence-corrected chi connectivity index (χ0v) is 20.7. The number of carbonyl (C=O) groups is 3. The van der Waals surface area contributed by atoms with Crippen LogP contribution in [0.2, 0.25) is 0 Å². The Hall–Kier alpha value is -4.79. The Morgan fingerprint density at radius 3 is 2.24 bits per heavy atom. The van der Waals surface area contributed by atoms with E-state index < -0.39 is 6.16 Å². The van der Waals surface area contributed by atoms with Crippen molar-refractivity contribution in [2.45, 2.75) is 27.3 Å². The Bertz CT molecular complexity index is 1470. The van der Waals surface area contributed by atoms with Crippen LogP contribution in [0.1, 0.15) is 44.6 Å². The van der Waals surface area contributed by atoms with Gasteiger partial charge < -0.3 is 20.1 Å². The lowest BCUT2D eigenvalue weighted by Crippen LogP contribution is -2.23. The summed E-state index contributed by atoms with van der Waals surface area (Å²) in [6.45, 7) is 5.95. The third-order valence-corrected chi connectivity index (χ3v) is 5.56. The maximum atomic E-state index is 12.7. The van der Waals surface area contributed by atoms with E-state index in [9.17, 15) is 14.4 Å². The van der Waals surface area contributed by atoms with Gasteiger partial charge in [-0.2, -0.15) is 0 Å². The number of aromatic nitrogens is 2. The van der Waals surface area contributed by atoms with E-state index in [4.69, 9.17) is 9.47 Å². The maximum Gasteiger partial charge on any atom is 0.513 e.